The minimum absolute atomic E-state index is 0.0799. The molecule has 0 saturated heterocycles. The van der Waals surface area contributed by atoms with Crippen molar-refractivity contribution in [2.75, 3.05) is 6.61 Å². The zero-order valence-corrected chi connectivity index (χ0v) is 12.0. The van der Waals surface area contributed by atoms with E-state index in [1.165, 1.54) is 24.0 Å². The fourth-order valence-corrected chi connectivity index (χ4v) is 2.89. The van der Waals surface area contributed by atoms with E-state index < -0.39 is 0 Å². The first-order valence-electron chi connectivity index (χ1n) is 7.69. The van der Waals surface area contributed by atoms with Crippen LogP contribution in [0.2, 0.25) is 0 Å². The van der Waals surface area contributed by atoms with Crippen LogP contribution in [-0.4, -0.2) is 27.4 Å². The number of nitrogens with zero attached hydrogens (tertiary/aromatic N) is 3. The second-order valence-corrected chi connectivity index (χ2v) is 5.82. The molecule has 5 heteroatoms. The third-order valence-corrected chi connectivity index (χ3v) is 4.25. The van der Waals surface area contributed by atoms with Crippen LogP contribution in [0.3, 0.4) is 0 Å². The minimum Gasteiger partial charge on any atom is -0.371 e. The van der Waals surface area contributed by atoms with E-state index in [9.17, 15) is 0 Å². The van der Waals surface area contributed by atoms with Crippen LogP contribution in [0.15, 0.2) is 30.6 Å². The molecule has 0 spiro atoms. The molecule has 21 heavy (non-hydrogen) atoms. The largest absolute Gasteiger partial charge is 0.371 e. The van der Waals surface area contributed by atoms with Gasteiger partial charge >= 0.3 is 0 Å². The monoisotopic (exact) mass is 284 g/mol. The maximum Gasteiger partial charge on any atom is 0.140 e. The van der Waals surface area contributed by atoms with E-state index in [0.717, 1.165) is 31.9 Å². The Bertz CT molecular complexity index is 620. The summed E-state index contributed by atoms with van der Waals surface area (Å²) < 4.78 is 7.94. The standard InChI is InChI=1S/C16H20N4O/c1-2-4-14-12(3-1)7-8-21-15(14)10-20-16(18-11-19-20)9-17-13-5-6-13/h1-4,11,13,15,17H,5-10H2. The van der Waals surface area contributed by atoms with E-state index in [-0.39, 0.29) is 6.10 Å². The normalized spacial score (nSPS) is 21.2. The molecule has 110 valence electrons. The number of fused-ring (bicyclic) bond motifs is 1. The molecule has 0 radical (unpaired) electrons. The number of rotatable bonds is 5. The zero-order valence-electron chi connectivity index (χ0n) is 12.0. The Morgan fingerprint density at radius 3 is 3.10 bits per heavy atom. The molecule has 0 bridgehead atoms. The molecule has 2 aromatic rings. The van der Waals surface area contributed by atoms with Gasteiger partial charge in [0.05, 0.1) is 19.7 Å². The van der Waals surface area contributed by atoms with Crippen molar-refractivity contribution in [3.05, 3.63) is 47.5 Å². The van der Waals surface area contributed by atoms with Crippen LogP contribution in [0.25, 0.3) is 0 Å². The first kappa shape index (κ1) is 13.0. The van der Waals surface area contributed by atoms with Gasteiger partial charge in [-0.2, -0.15) is 5.10 Å². The summed E-state index contributed by atoms with van der Waals surface area (Å²) in [5, 5.41) is 7.86. The number of hydrogen-bond donors (Lipinski definition) is 1. The molecule has 5 nitrogen and oxygen atoms in total. The lowest BCUT2D eigenvalue weighted by Crippen LogP contribution is -2.24. The lowest BCUT2D eigenvalue weighted by atomic mass is 9.97. The van der Waals surface area contributed by atoms with Crippen LogP contribution in [-0.2, 0) is 24.2 Å². The molecule has 1 saturated carbocycles. The fourth-order valence-electron chi connectivity index (χ4n) is 2.89. The van der Waals surface area contributed by atoms with Gasteiger partial charge in [0.1, 0.15) is 18.3 Å². The summed E-state index contributed by atoms with van der Waals surface area (Å²) in [7, 11) is 0. The van der Waals surface area contributed by atoms with Crippen molar-refractivity contribution >= 4 is 0 Å². The average molecular weight is 284 g/mol. The van der Waals surface area contributed by atoms with Crippen LogP contribution >= 0.6 is 0 Å². The highest BCUT2D eigenvalue weighted by molar-refractivity contribution is 5.30. The van der Waals surface area contributed by atoms with Gasteiger partial charge in [-0.3, -0.25) is 0 Å². The van der Waals surface area contributed by atoms with Crippen LogP contribution < -0.4 is 5.32 Å². The molecule has 1 fully saturated rings. The van der Waals surface area contributed by atoms with Crippen molar-refractivity contribution in [1.82, 2.24) is 20.1 Å². The van der Waals surface area contributed by atoms with Gasteiger partial charge in [0.2, 0.25) is 0 Å². The number of aromatic nitrogens is 3. The van der Waals surface area contributed by atoms with Crippen LogP contribution in [0.4, 0.5) is 0 Å². The lowest BCUT2D eigenvalue weighted by molar-refractivity contribution is 0.0275. The van der Waals surface area contributed by atoms with Gasteiger partial charge in [0.15, 0.2) is 0 Å². The highest BCUT2D eigenvalue weighted by Gasteiger charge is 2.24. The molecule has 1 unspecified atom stereocenters. The van der Waals surface area contributed by atoms with Gasteiger partial charge in [-0.05, 0) is 30.4 Å². The van der Waals surface area contributed by atoms with E-state index >= 15 is 0 Å². The molecule has 2 aliphatic rings. The SMILES string of the molecule is c1ccc2c(c1)CCOC2Cn1ncnc1CNC1CC1. The van der Waals surface area contributed by atoms with Crippen LogP contribution in [0.5, 0.6) is 0 Å². The Hall–Kier alpha value is -1.72. The Labute approximate surface area is 124 Å². The molecule has 0 amide bonds. The van der Waals surface area contributed by atoms with E-state index in [1.54, 1.807) is 6.33 Å². The van der Waals surface area contributed by atoms with Gasteiger partial charge < -0.3 is 10.1 Å². The topological polar surface area (TPSA) is 52.0 Å². The van der Waals surface area contributed by atoms with Gasteiger partial charge in [-0.15, -0.1) is 0 Å². The van der Waals surface area contributed by atoms with E-state index in [4.69, 9.17) is 4.74 Å². The summed E-state index contributed by atoms with van der Waals surface area (Å²) in [6.07, 6.45) is 5.29. The highest BCUT2D eigenvalue weighted by atomic mass is 16.5. The van der Waals surface area contributed by atoms with Crippen molar-refractivity contribution in [3.63, 3.8) is 0 Å². The van der Waals surface area contributed by atoms with Crippen molar-refractivity contribution in [1.29, 1.82) is 0 Å². The van der Waals surface area contributed by atoms with E-state index in [2.05, 4.69) is 39.7 Å². The van der Waals surface area contributed by atoms with Crippen molar-refractivity contribution < 1.29 is 4.74 Å². The first-order valence-corrected chi connectivity index (χ1v) is 7.69. The summed E-state index contributed by atoms with van der Waals surface area (Å²) in [6.45, 7) is 2.31. The lowest BCUT2D eigenvalue weighted by Gasteiger charge is -2.26. The molecule has 1 aromatic heterocycles. The predicted molar refractivity (Wildman–Crippen MR) is 78.7 cm³/mol. The van der Waals surface area contributed by atoms with Crippen LogP contribution in [0.1, 0.15) is 35.9 Å². The minimum atomic E-state index is 0.0799. The average Bonchev–Trinajstić information content (AvgIpc) is 3.25. The molecular formula is C16H20N4O. The Kier molecular flexibility index (Phi) is 3.45. The summed E-state index contributed by atoms with van der Waals surface area (Å²) >= 11 is 0. The molecular weight excluding hydrogens is 264 g/mol. The number of benzene rings is 1. The van der Waals surface area contributed by atoms with Gasteiger partial charge in [0.25, 0.3) is 0 Å². The highest BCUT2D eigenvalue weighted by Crippen LogP contribution is 2.28. The fraction of sp³-hybridized carbons (Fsp3) is 0.500. The van der Waals surface area contributed by atoms with E-state index in [0.29, 0.717) is 6.04 Å². The van der Waals surface area contributed by atoms with Gasteiger partial charge in [0, 0.05) is 6.04 Å². The molecule has 2 heterocycles. The van der Waals surface area contributed by atoms with Crippen molar-refractivity contribution in [2.24, 2.45) is 0 Å². The first-order chi connectivity index (χ1) is 10.4. The third kappa shape index (κ3) is 2.84. The van der Waals surface area contributed by atoms with Gasteiger partial charge in [-0.1, -0.05) is 24.3 Å². The maximum atomic E-state index is 5.96. The quantitative estimate of drug-likeness (QED) is 0.910. The second kappa shape index (κ2) is 5.58. The zero-order chi connectivity index (χ0) is 14.1. The molecule has 1 N–H and O–H groups in total. The molecule has 1 atom stereocenters. The van der Waals surface area contributed by atoms with Crippen LogP contribution in [0, 0.1) is 0 Å². The Morgan fingerprint density at radius 2 is 2.19 bits per heavy atom. The second-order valence-electron chi connectivity index (χ2n) is 5.82. The Morgan fingerprint density at radius 1 is 1.29 bits per heavy atom. The summed E-state index contributed by atoms with van der Waals surface area (Å²) in [4.78, 5) is 4.37. The molecule has 4 rings (SSSR count). The molecule has 1 aliphatic heterocycles. The van der Waals surface area contributed by atoms with E-state index in [1.807, 2.05) is 4.68 Å². The summed E-state index contributed by atoms with van der Waals surface area (Å²) in [5.74, 6) is 0.994. The molecule has 1 aliphatic carbocycles. The summed E-state index contributed by atoms with van der Waals surface area (Å²) in [5.41, 5.74) is 2.69. The number of ether oxygens (including phenoxy) is 1. The maximum absolute atomic E-state index is 5.96. The van der Waals surface area contributed by atoms with Crippen molar-refractivity contribution in [3.8, 4) is 0 Å². The third-order valence-electron chi connectivity index (χ3n) is 4.25. The number of hydrogen-bond acceptors (Lipinski definition) is 4. The smallest absolute Gasteiger partial charge is 0.140 e. The summed E-state index contributed by atoms with van der Waals surface area (Å²) in [6, 6.07) is 9.22. The van der Waals surface area contributed by atoms with Gasteiger partial charge in [-0.25, -0.2) is 9.67 Å². The predicted octanol–water partition coefficient (Wildman–Crippen LogP) is 1.84. The number of nitrogens with one attached hydrogen (secondary N) is 1. The molecule has 1 aromatic carbocycles. The Balaban J connectivity index is 1.50. The van der Waals surface area contributed by atoms with Crippen molar-refractivity contribution in [2.45, 2.75) is 44.5 Å².